The second kappa shape index (κ2) is 5.77. The van der Waals surface area contributed by atoms with E-state index in [9.17, 15) is 0 Å². The molecular formula is C13H3Cl2N3. The molecule has 0 aliphatic rings. The topological polar surface area (TPSA) is 71.4 Å². The van der Waals surface area contributed by atoms with Gasteiger partial charge in [0.05, 0.1) is 10.0 Å². The molecule has 1 rings (SSSR count). The normalized spacial score (nSPS) is 10.3. The smallest absolute Gasteiger partial charge is 0.138 e. The molecule has 0 aliphatic heterocycles. The van der Waals surface area contributed by atoms with Crippen molar-refractivity contribution in [1.82, 2.24) is 0 Å². The standard InChI is InChI=1S/C13H3Cl2N3/c1-2-8(5-16)10-3-13(15)11(4-12(10)14)9(6-17)7-18/h1,3-4H/b10-8-. The summed E-state index contributed by atoms with van der Waals surface area (Å²) in [7, 11) is 0. The van der Waals surface area contributed by atoms with Crippen molar-refractivity contribution in [3.63, 3.8) is 0 Å². The van der Waals surface area contributed by atoms with Gasteiger partial charge in [0, 0.05) is 10.4 Å². The minimum Gasteiger partial charge on any atom is -0.192 e. The van der Waals surface area contributed by atoms with Crippen LogP contribution in [-0.2, 0) is 0 Å². The van der Waals surface area contributed by atoms with Gasteiger partial charge in [-0.15, -0.1) is 6.42 Å². The number of nitriles is 3. The Morgan fingerprint density at radius 2 is 1.28 bits per heavy atom. The van der Waals surface area contributed by atoms with Gasteiger partial charge < -0.3 is 0 Å². The van der Waals surface area contributed by atoms with Crippen LogP contribution in [-0.4, -0.2) is 0 Å². The maximum absolute atomic E-state index is 8.82. The maximum Gasteiger partial charge on any atom is 0.138 e. The first kappa shape index (κ1) is 13.6. The lowest BCUT2D eigenvalue weighted by molar-refractivity contribution is 1.47. The van der Waals surface area contributed by atoms with Crippen molar-refractivity contribution in [2.45, 2.75) is 0 Å². The van der Waals surface area contributed by atoms with Gasteiger partial charge in [-0.1, -0.05) is 29.1 Å². The summed E-state index contributed by atoms with van der Waals surface area (Å²) in [4.78, 5) is 0. The molecule has 0 unspecified atom stereocenters. The average Bonchev–Trinajstić information content (AvgIpc) is 2.37. The van der Waals surface area contributed by atoms with E-state index in [1.165, 1.54) is 12.1 Å². The van der Waals surface area contributed by atoms with Crippen molar-refractivity contribution >= 4 is 34.3 Å². The molecule has 0 fully saturated rings. The highest BCUT2D eigenvalue weighted by atomic mass is 35.5. The third kappa shape index (κ3) is 2.45. The number of terminal acetylenes is 1. The van der Waals surface area contributed by atoms with Crippen LogP contribution in [0.15, 0.2) is 12.1 Å². The molecule has 0 spiro atoms. The van der Waals surface area contributed by atoms with Gasteiger partial charge in [0.2, 0.25) is 0 Å². The average molecular weight is 272 g/mol. The molecule has 0 aromatic heterocycles. The molecule has 0 saturated heterocycles. The van der Waals surface area contributed by atoms with E-state index >= 15 is 0 Å². The predicted octanol–water partition coefficient (Wildman–Crippen LogP) is 1.50. The summed E-state index contributed by atoms with van der Waals surface area (Å²) < 4.78 is 0. The lowest BCUT2D eigenvalue weighted by Gasteiger charge is -1.97. The fourth-order valence-corrected chi connectivity index (χ4v) is 1.76. The van der Waals surface area contributed by atoms with E-state index in [0.29, 0.717) is 5.22 Å². The van der Waals surface area contributed by atoms with Gasteiger partial charge in [0.25, 0.3) is 0 Å². The highest BCUT2D eigenvalue weighted by molar-refractivity contribution is 6.33. The van der Waals surface area contributed by atoms with Crippen LogP contribution >= 0.6 is 23.2 Å². The van der Waals surface area contributed by atoms with Crippen molar-refractivity contribution in [3.05, 3.63) is 32.6 Å². The molecule has 3 nitrogen and oxygen atoms in total. The Bertz CT molecular complexity index is 692. The van der Waals surface area contributed by atoms with Gasteiger partial charge >= 0.3 is 0 Å². The third-order valence-corrected chi connectivity index (χ3v) is 2.70. The van der Waals surface area contributed by atoms with E-state index < -0.39 is 0 Å². The van der Waals surface area contributed by atoms with Gasteiger partial charge in [-0.05, 0) is 12.1 Å². The van der Waals surface area contributed by atoms with E-state index in [1.807, 2.05) is 6.07 Å². The lowest BCUT2D eigenvalue weighted by Crippen LogP contribution is -2.15. The van der Waals surface area contributed by atoms with Gasteiger partial charge in [0.15, 0.2) is 0 Å². The van der Waals surface area contributed by atoms with Gasteiger partial charge in [-0.2, -0.15) is 15.8 Å². The second-order valence-corrected chi connectivity index (χ2v) is 3.86. The quantitative estimate of drug-likeness (QED) is 0.672. The molecule has 0 aliphatic carbocycles. The number of hydrogen-bond donors (Lipinski definition) is 0. The van der Waals surface area contributed by atoms with E-state index in [2.05, 4.69) is 5.92 Å². The molecule has 5 heteroatoms. The number of halogens is 2. The largest absolute Gasteiger partial charge is 0.192 e. The molecule has 1 aromatic rings. The molecule has 0 heterocycles. The summed E-state index contributed by atoms with van der Waals surface area (Å²) >= 11 is 11.9. The Labute approximate surface area is 113 Å². The Kier molecular flexibility index (Phi) is 4.37. The van der Waals surface area contributed by atoms with Crippen LogP contribution in [0.4, 0.5) is 0 Å². The zero-order valence-corrected chi connectivity index (χ0v) is 10.3. The Hall–Kier alpha value is -2.43. The number of benzene rings is 1. The van der Waals surface area contributed by atoms with Crippen molar-refractivity contribution in [1.29, 1.82) is 15.8 Å². The maximum atomic E-state index is 8.82. The summed E-state index contributed by atoms with van der Waals surface area (Å²) in [6, 6.07) is 7.95. The van der Waals surface area contributed by atoms with Crippen LogP contribution in [0.2, 0.25) is 10.0 Å². The van der Waals surface area contributed by atoms with E-state index in [-0.39, 0.29) is 26.4 Å². The Balaban J connectivity index is 3.96. The molecule has 0 bridgehead atoms. The van der Waals surface area contributed by atoms with E-state index in [1.54, 1.807) is 12.1 Å². The van der Waals surface area contributed by atoms with Crippen molar-refractivity contribution in [2.24, 2.45) is 0 Å². The molecule has 18 heavy (non-hydrogen) atoms. The summed E-state index contributed by atoms with van der Waals surface area (Å²) in [5, 5.41) is 27.2. The second-order valence-electron chi connectivity index (χ2n) is 3.04. The molecule has 0 N–H and O–H groups in total. The highest BCUT2D eigenvalue weighted by Crippen LogP contribution is 2.07. The minimum absolute atomic E-state index is 0.0314. The van der Waals surface area contributed by atoms with Crippen LogP contribution in [0.1, 0.15) is 0 Å². The van der Waals surface area contributed by atoms with E-state index in [0.717, 1.165) is 0 Å². The first-order chi connectivity index (χ1) is 8.58. The van der Waals surface area contributed by atoms with Crippen LogP contribution < -0.4 is 10.4 Å². The van der Waals surface area contributed by atoms with E-state index in [4.69, 9.17) is 45.4 Å². The third-order valence-electron chi connectivity index (χ3n) is 2.08. The monoisotopic (exact) mass is 271 g/mol. The molecule has 0 radical (unpaired) electrons. The van der Waals surface area contributed by atoms with Crippen LogP contribution in [0, 0.1) is 46.3 Å². The first-order valence-electron chi connectivity index (χ1n) is 4.49. The first-order valence-corrected chi connectivity index (χ1v) is 5.25. The van der Waals surface area contributed by atoms with Crippen molar-refractivity contribution in [3.8, 4) is 30.6 Å². The number of hydrogen-bond acceptors (Lipinski definition) is 3. The van der Waals surface area contributed by atoms with Crippen LogP contribution in [0.3, 0.4) is 0 Å². The fraction of sp³-hybridized carbons (Fsp3) is 0. The van der Waals surface area contributed by atoms with Crippen LogP contribution in [0.5, 0.6) is 0 Å². The Morgan fingerprint density at radius 1 is 0.889 bits per heavy atom. The summed E-state index contributed by atoms with van der Waals surface area (Å²) in [5.74, 6) is 2.19. The summed E-state index contributed by atoms with van der Waals surface area (Å²) in [6.45, 7) is 0. The zero-order valence-electron chi connectivity index (χ0n) is 8.83. The summed E-state index contributed by atoms with van der Waals surface area (Å²) in [5.41, 5.74) is -0.128. The Morgan fingerprint density at radius 3 is 1.61 bits per heavy atom. The molecular weight excluding hydrogens is 269 g/mol. The lowest BCUT2D eigenvalue weighted by atomic mass is 10.1. The van der Waals surface area contributed by atoms with Gasteiger partial charge in [-0.25, -0.2) is 0 Å². The molecule has 0 saturated carbocycles. The number of nitrogens with zero attached hydrogens (tertiary/aromatic N) is 3. The van der Waals surface area contributed by atoms with Gasteiger partial charge in [-0.3, -0.25) is 0 Å². The molecule has 0 amide bonds. The zero-order chi connectivity index (χ0) is 13.7. The van der Waals surface area contributed by atoms with Crippen LogP contribution in [0.25, 0.3) is 11.1 Å². The summed E-state index contributed by atoms with van der Waals surface area (Å²) in [6.07, 6.45) is 5.16. The molecule has 0 atom stereocenters. The molecule has 1 aromatic carbocycles. The molecule has 84 valence electrons. The van der Waals surface area contributed by atoms with Gasteiger partial charge in [0.1, 0.15) is 29.4 Å². The fourth-order valence-electron chi connectivity index (χ4n) is 1.25. The van der Waals surface area contributed by atoms with Crippen molar-refractivity contribution < 1.29 is 0 Å². The number of rotatable bonds is 0. The van der Waals surface area contributed by atoms with Crippen molar-refractivity contribution in [2.75, 3.05) is 0 Å². The predicted molar refractivity (Wildman–Crippen MR) is 68.2 cm³/mol. The minimum atomic E-state index is -0.160. The highest BCUT2D eigenvalue weighted by Gasteiger charge is 2.05. The SMILES string of the molecule is C#C/C(C#N)=c1\cc(Cl)c(=C(C#N)C#N)cc1Cl.